The lowest BCUT2D eigenvalue weighted by Gasteiger charge is -2.06. The maximum Gasteiger partial charge on any atom is 0.119 e. The van der Waals surface area contributed by atoms with Crippen molar-refractivity contribution in [1.29, 1.82) is 0 Å². The van der Waals surface area contributed by atoms with Crippen molar-refractivity contribution < 1.29 is 4.74 Å². The molecule has 3 aromatic carbocycles. The van der Waals surface area contributed by atoms with Crippen LogP contribution < -0.4 is 4.74 Å². The van der Waals surface area contributed by atoms with E-state index in [0.717, 1.165) is 42.7 Å². The topological polar surface area (TPSA) is 9.23 Å². The Balaban J connectivity index is 1.67. The number of hydrogen-bond acceptors (Lipinski definition) is 1. The summed E-state index contributed by atoms with van der Waals surface area (Å²) < 4.78 is 5.80. The van der Waals surface area contributed by atoms with Crippen molar-refractivity contribution in [1.82, 2.24) is 0 Å². The SMILES string of the molecule is CCCCCc1ccc(C#Cc2ccc3cc(OCCCC)ccc3c2)cc1. The summed E-state index contributed by atoms with van der Waals surface area (Å²) in [7, 11) is 0. The predicted octanol–water partition coefficient (Wildman–Crippen LogP) is 7.15. The molecule has 1 heteroatoms. The van der Waals surface area contributed by atoms with Gasteiger partial charge in [0.2, 0.25) is 0 Å². The number of ether oxygens (including phenoxy) is 1. The molecule has 3 rings (SSSR count). The highest BCUT2D eigenvalue weighted by atomic mass is 16.5. The molecule has 0 aliphatic carbocycles. The van der Waals surface area contributed by atoms with Crippen molar-refractivity contribution in [2.75, 3.05) is 6.61 Å². The Bertz CT molecular complexity index is 941. The van der Waals surface area contributed by atoms with E-state index in [2.05, 4.69) is 80.3 Å². The van der Waals surface area contributed by atoms with Gasteiger partial charge in [-0.1, -0.05) is 69.2 Å². The molecule has 144 valence electrons. The molecule has 28 heavy (non-hydrogen) atoms. The van der Waals surface area contributed by atoms with Gasteiger partial charge in [0.05, 0.1) is 6.61 Å². The zero-order valence-electron chi connectivity index (χ0n) is 17.1. The van der Waals surface area contributed by atoms with Crippen LogP contribution in [-0.4, -0.2) is 6.61 Å². The fourth-order valence-electron chi connectivity index (χ4n) is 3.20. The van der Waals surface area contributed by atoms with Gasteiger partial charge >= 0.3 is 0 Å². The predicted molar refractivity (Wildman–Crippen MR) is 120 cm³/mol. The average molecular weight is 371 g/mol. The highest BCUT2D eigenvalue weighted by Gasteiger charge is 1.99. The standard InChI is InChI=1S/C27H30O/c1-3-5-7-8-22-9-11-23(12-10-22)13-14-24-15-16-26-21-27(28-19-6-4-2)18-17-25(26)20-24/h9-12,15-18,20-21H,3-8,19H2,1-2H3. The Kier molecular flexibility index (Phi) is 7.56. The van der Waals surface area contributed by atoms with E-state index in [-0.39, 0.29) is 0 Å². The summed E-state index contributed by atoms with van der Waals surface area (Å²) in [5.74, 6) is 7.53. The lowest BCUT2D eigenvalue weighted by Crippen LogP contribution is -1.96. The zero-order chi connectivity index (χ0) is 19.6. The van der Waals surface area contributed by atoms with Gasteiger partial charge in [-0.25, -0.2) is 0 Å². The zero-order valence-corrected chi connectivity index (χ0v) is 17.1. The lowest BCUT2D eigenvalue weighted by atomic mass is 10.0. The van der Waals surface area contributed by atoms with Gasteiger partial charge in [-0.05, 0) is 72.0 Å². The molecule has 0 aromatic heterocycles. The van der Waals surface area contributed by atoms with Gasteiger partial charge in [-0.3, -0.25) is 0 Å². The molecule has 0 N–H and O–H groups in total. The first kappa shape index (κ1) is 20.0. The van der Waals surface area contributed by atoms with Crippen LogP contribution >= 0.6 is 0 Å². The molecule has 0 bridgehead atoms. The van der Waals surface area contributed by atoms with Crippen LogP contribution in [0.4, 0.5) is 0 Å². The molecule has 3 aromatic rings. The number of hydrogen-bond donors (Lipinski definition) is 0. The van der Waals surface area contributed by atoms with Crippen molar-refractivity contribution in [3.05, 3.63) is 77.4 Å². The summed E-state index contributed by atoms with van der Waals surface area (Å²) in [6, 6.07) is 21.3. The van der Waals surface area contributed by atoms with E-state index in [9.17, 15) is 0 Å². The molecule has 0 spiro atoms. The third-order valence-corrected chi connectivity index (χ3v) is 4.95. The van der Waals surface area contributed by atoms with Crippen molar-refractivity contribution in [3.63, 3.8) is 0 Å². The van der Waals surface area contributed by atoms with Crippen molar-refractivity contribution in [2.24, 2.45) is 0 Å². The summed E-state index contributed by atoms with van der Waals surface area (Å²) in [6.07, 6.45) is 7.24. The molecule has 0 fully saturated rings. The molecule has 0 saturated heterocycles. The Hall–Kier alpha value is -2.72. The van der Waals surface area contributed by atoms with Crippen LogP contribution in [-0.2, 0) is 6.42 Å². The van der Waals surface area contributed by atoms with Crippen molar-refractivity contribution in [2.45, 2.75) is 52.4 Å². The Labute approximate surface area is 169 Å². The van der Waals surface area contributed by atoms with Crippen LogP contribution in [0.5, 0.6) is 5.75 Å². The van der Waals surface area contributed by atoms with Crippen LogP contribution in [0.1, 0.15) is 62.6 Å². The highest BCUT2D eigenvalue weighted by molar-refractivity contribution is 5.85. The van der Waals surface area contributed by atoms with Gasteiger partial charge in [0.1, 0.15) is 5.75 Å². The smallest absolute Gasteiger partial charge is 0.119 e. The van der Waals surface area contributed by atoms with E-state index in [1.165, 1.54) is 35.6 Å². The van der Waals surface area contributed by atoms with E-state index in [1.807, 2.05) is 6.07 Å². The second kappa shape index (κ2) is 10.6. The van der Waals surface area contributed by atoms with Gasteiger partial charge in [0.25, 0.3) is 0 Å². The Morgan fingerprint density at radius 1 is 0.679 bits per heavy atom. The molecule has 0 aliphatic rings. The van der Waals surface area contributed by atoms with Crippen molar-refractivity contribution >= 4 is 10.8 Å². The maximum atomic E-state index is 5.80. The third kappa shape index (κ3) is 5.89. The fraction of sp³-hybridized carbons (Fsp3) is 0.333. The van der Waals surface area contributed by atoms with Crippen molar-refractivity contribution in [3.8, 4) is 17.6 Å². The first-order chi connectivity index (χ1) is 13.8. The van der Waals surface area contributed by atoms with Crippen LogP contribution in [0.2, 0.25) is 0 Å². The Morgan fingerprint density at radius 3 is 2.14 bits per heavy atom. The normalized spacial score (nSPS) is 10.5. The van der Waals surface area contributed by atoms with Gasteiger partial charge in [-0.15, -0.1) is 0 Å². The van der Waals surface area contributed by atoms with E-state index in [4.69, 9.17) is 4.74 Å². The van der Waals surface area contributed by atoms with E-state index in [0.29, 0.717) is 0 Å². The molecule has 0 saturated carbocycles. The summed E-state index contributed by atoms with van der Waals surface area (Å²) in [5, 5.41) is 2.39. The van der Waals surface area contributed by atoms with Gasteiger partial charge < -0.3 is 4.74 Å². The van der Waals surface area contributed by atoms with Crippen LogP contribution in [0, 0.1) is 11.8 Å². The van der Waals surface area contributed by atoms with E-state index < -0.39 is 0 Å². The third-order valence-electron chi connectivity index (χ3n) is 4.95. The molecule has 0 aliphatic heterocycles. The van der Waals surface area contributed by atoms with Gasteiger partial charge in [-0.2, -0.15) is 0 Å². The quantitative estimate of drug-likeness (QED) is 0.302. The first-order valence-electron chi connectivity index (χ1n) is 10.6. The first-order valence-corrected chi connectivity index (χ1v) is 10.6. The van der Waals surface area contributed by atoms with E-state index >= 15 is 0 Å². The van der Waals surface area contributed by atoms with Crippen LogP contribution in [0.3, 0.4) is 0 Å². The van der Waals surface area contributed by atoms with Crippen LogP contribution in [0.15, 0.2) is 60.7 Å². The Morgan fingerprint density at radius 2 is 1.36 bits per heavy atom. The second-order valence-corrected chi connectivity index (χ2v) is 7.33. The van der Waals surface area contributed by atoms with E-state index in [1.54, 1.807) is 0 Å². The molecule has 0 amide bonds. The summed E-state index contributed by atoms with van der Waals surface area (Å²) in [5.41, 5.74) is 3.51. The summed E-state index contributed by atoms with van der Waals surface area (Å²) in [4.78, 5) is 0. The minimum atomic E-state index is 0.781. The molecule has 0 unspecified atom stereocenters. The molecular weight excluding hydrogens is 340 g/mol. The largest absolute Gasteiger partial charge is 0.494 e. The van der Waals surface area contributed by atoms with Gasteiger partial charge in [0, 0.05) is 11.1 Å². The minimum absolute atomic E-state index is 0.781. The number of benzene rings is 3. The number of unbranched alkanes of at least 4 members (excludes halogenated alkanes) is 3. The highest BCUT2D eigenvalue weighted by Crippen LogP contribution is 2.22. The number of aryl methyl sites for hydroxylation is 1. The lowest BCUT2D eigenvalue weighted by molar-refractivity contribution is 0.310. The average Bonchev–Trinajstić information content (AvgIpc) is 2.73. The second-order valence-electron chi connectivity index (χ2n) is 7.33. The molecule has 0 heterocycles. The van der Waals surface area contributed by atoms with Gasteiger partial charge in [0.15, 0.2) is 0 Å². The summed E-state index contributed by atoms with van der Waals surface area (Å²) in [6.45, 7) is 5.20. The minimum Gasteiger partial charge on any atom is -0.494 e. The number of rotatable bonds is 8. The fourth-order valence-corrected chi connectivity index (χ4v) is 3.20. The molecular formula is C27H30O. The monoisotopic (exact) mass is 370 g/mol. The van der Waals surface area contributed by atoms with Crippen LogP contribution in [0.25, 0.3) is 10.8 Å². The maximum absolute atomic E-state index is 5.80. The molecule has 1 nitrogen and oxygen atoms in total. The molecule has 0 atom stereocenters. The summed E-state index contributed by atoms with van der Waals surface area (Å²) >= 11 is 0. The number of fused-ring (bicyclic) bond motifs is 1. The molecule has 0 radical (unpaired) electrons.